The number of nitrogens with one attached hydrogen (secondary N) is 2. The fourth-order valence-corrected chi connectivity index (χ4v) is 2.72. The summed E-state index contributed by atoms with van der Waals surface area (Å²) in [6.45, 7) is 2.16. The highest BCUT2D eigenvalue weighted by molar-refractivity contribution is 6.06. The van der Waals surface area contributed by atoms with Crippen LogP contribution in [0.15, 0.2) is 47.3 Å². The summed E-state index contributed by atoms with van der Waals surface area (Å²) in [4.78, 5) is 37.0. The van der Waals surface area contributed by atoms with E-state index in [2.05, 4.69) is 10.5 Å². The summed E-state index contributed by atoms with van der Waals surface area (Å²) in [5, 5.41) is 4.66. The number of hydrogen-bond acceptors (Lipinski definition) is 4. The minimum Gasteiger partial charge on any atom is -0.267 e. The van der Waals surface area contributed by atoms with Crippen LogP contribution in [-0.4, -0.2) is 21.6 Å². The van der Waals surface area contributed by atoms with Crippen molar-refractivity contribution in [2.75, 3.05) is 0 Å². The highest BCUT2D eigenvalue weighted by Crippen LogP contribution is 2.14. The number of aryl methyl sites for hydroxylation is 1. The molecule has 28 heavy (non-hydrogen) atoms. The van der Waals surface area contributed by atoms with Crippen LogP contribution in [0, 0.1) is 11.6 Å². The van der Waals surface area contributed by atoms with E-state index in [0.717, 1.165) is 22.9 Å². The smallest absolute Gasteiger partial charge is 0.267 e. The molecule has 0 aliphatic carbocycles. The first-order chi connectivity index (χ1) is 13.4. The molecule has 3 rings (SSSR count). The number of amides is 2. The zero-order chi connectivity index (χ0) is 20.3. The van der Waals surface area contributed by atoms with Crippen molar-refractivity contribution in [3.8, 4) is 0 Å². The summed E-state index contributed by atoms with van der Waals surface area (Å²) in [6.07, 6.45) is 0.621. The van der Waals surface area contributed by atoms with Gasteiger partial charge in [-0.3, -0.25) is 25.2 Å². The largest absolute Gasteiger partial charge is 0.290 e. The summed E-state index contributed by atoms with van der Waals surface area (Å²) >= 11 is 0. The van der Waals surface area contributed by atoms with Crippen molar-refractivity contribution < 1.29 is 18.4 Å². The number of rotatable bonds is 4. The van der Waals surface area contributed by atoms with Crippen LogP contribution >= 0.6 is 0 Å². The predicted molar refractivity (Wildman–Crippen MR) is 97.6 cm³/mol. The highest BCUT2D eigenvalue weighted by atomic mass is 19.1. The number of aromatic nitrogens is 2. The molecule has 2 amide bonds. The minimum absolute atomic E-state index is 0.0991. The van der Waals surface area contributed by atoms with Gasteiger partial charge in [0.2, 0.25) is 0 Å². The molecule has 0 aliphatic heterocycles. The van der Waals surface area contributed by atoms with Crippen LogP contribution in [0.5, 0.6) is 0 Å². The molecule has 1 heterocycles. The van der Waals surface area contributed by atoms with Gasteiger partial charge in [0.05, 0.1) is 5.39 Å². The van der Waals surface area contributed by atoms with Gasteiger partial charge in [0, 0.05) is 11.9 Å². The molecule has 0 saturated carbocycles. The summed E-state index contributed by atoms with van der Waals surface area (Å²) in [7, 11) is 0. The van der Waals surface area contributed by atoms with E-state index in [1.165, 1.54) is 0 Å². The van der Waals surface area contributed by atoms with E-state index in [9.17, 15) is 23.2 Å². The normalized spacial score (nSPS) is 10.7. The first kappa shape index (κ1) is 19.2. The molecule has 0 atom stereocenters. The van der Waals surface area contributed by atoms with Crippen LogP contribution in [0.1, 0.15) is 34.2 Å². The Hall–Kier alpha value is -3.62. The Kier molecular flexibility index (Phi) is 5.44. The second-order valence-corrected chi connectivity index (χ2v) is 5.93. The molecule has 0 saturated heterocycles. The van der Waals surface area contributed by atoms with Crippen molar-refractivity contribution in [3.63, 3.8) is 0 Å². The van der Waals surface area contributed by atoms with Crippen molar-refractivity contribution in [3.05, 3.63) is 75.7 Å². The molecule has 0 unspecified atom stereocenters. The maximum atomic E-state index is 13.7. The van der Waals surface area contributed by atoms with Crippen molar-refractivity contribution >= 4 is 22.6 Å². The topological polar surface area (TPSA) is 93.1 Å². The molecule has 1 aromatic heterocycles. The predicted octanol–water partition coefficient (Wildman–Crippen LogP) is 2.16. The lowest BCUT2D eigenvalue weighted by molar-refractivity contribution is 0.0838. The molecule has 2 aromatic carbocycles. The molecule has 0 aliphatic rings. The van der Waals surface area contributed by atoms with Crippen LogP contribution in [0.25, 0.3) is 10.8 Å². The maximum Gasteiger partial charge on any atom is 0.290 e. The van der Waals surface area contributed by atoms with Gasteiger partial charge in [-0.2, -0.15) is 5.10 Å². The van der Waals surface area contributed by atoms with Crippen LogP contribution < -0.4 is 16.4 Å². The average molecular weight is 386 g/mol. The number of nitrogens with zero attached hydrogens (tertiary/aromatic N) is 2. The number of halogens is 2. The zero-order valence-electron chi connectivity index (χ0n) is 14.8. The first-order valence-corrected chi connectivity index (χ1v) is 8.48. The summed E-state index contributed by atoms with van der Waals surface area (Å²) in [6, 6.07) is 9.38. The van der Waals surface area contributed by atoms with Gasteiger partial charge in [0.25, 0.3) is 17.4 Å². The number of benzene rings is 2. The summed E-state index contributed by atoms with van der Waals surface area (Å²) in [5.41, 5.74) is 2.78. The molecule has 7 nitrogen and oxygen atoms in total. The maximum absolute atomic E-state index is 13.7. The Balaban J connectivity index is 1.91. The van der Waals surface area contributed by atoms with E-state index >= 15 is 0 Å². The van der Waals surface area contributed by atoms with E-state index < -0.39 is 29.0 Å². The van der Waals surface area contributed by atoms with Crippen LogP contribution in [-0.2, 0) is 6.54 Å². The molecule has 2 N–H and O–H groups in total. The SMILES string of the molecule is CCCn1nc(C(=O)NNC(=O)c2c(F)cccc2F)c2ccccc2c1=O. The van der Waals surface area contributed by atoms with Crippen LogP contribution in [0.2, 0.25) is 0 Å². The lowest BCUT2D eigenvalue weighted by Gasteiger charge is -2.12. The fraction of sp³-hybridized carbons (Fsp3) is 0.158. The fourth-order valence-electron chi connectivity index (χ4n) is 2.72. The van der Waals surface area contributed by atoms with Gasteiger partial charge in [0.15, 0.2) is 5.69 Å². The third-order valence-corrected chi connectivity index (χ3v) is 4.00. The lowest BCUT2D eigenvalue weighted by atomic mass is 10.1. The third-order valence-electron chi connectivity index (χ3n) is 4.00. The first-order valence-electron chi connectivity index (χ1n) is 8.48. The average Bonchev–Trinajstić information content (AvgIpc) is 2.68. The van der Waals surface area contributed by atoms with E-state index in [4.69, 9.17) is 0 Å². The molecule has 3 aromatic rings. The van der Waals surface area contributed by atoms with Gasteiger partial charge < -0.3 is 0 Å². The Morgan fingerprint density at radius 3 is 2.21 bits per heavy atom. The summed E-state index contributed by atoms with van der Waals surface area (Å²) in [5.74, 6) is -4.11. The van der Waals surface area contributed by atoms with Crippen LogP contribution in [0.4, 0.5) is 8.78 Å². The van der Waals surface area contributed by atoms with E-state index in [1.54, 1.807) is 24.3 Å². The van der Waals surface area contributed by atoms with Crippen molar-refractivity contribution in [2.45, 2.75) is 19.9 Å². The number of carbonyl (C=O) groups is 2. The Morgan fingerprint density at radius 2 is 1.57 bits per heavy atom. The molecule has 9 heteroatoms. The number of hydrazine groups is 1. The molecular formula is C19H16F2N4O3. The summed E-state index contributed by atoms with van der Waals surface area (Å²) < 4.78 is 28.5. The molecular weight excluding hydrogens is 370 g/mol. The van der Waals surface area contributed by atoms with Gasteiger partial charge in [0.1, 0.15) is 17.2 Å². The number of fused-ring (bicyclic) bond motifs is 1. The Bertz CT molecular complexity index is 1110. The highest BCUT2D eigenvalue weighted by Gasteiger charge is 2.20. The Labute approximate surface area is 157 Å². The molecule has 0 radical (unpaired) electrons. The number of hydrogen-bond donors (Lipinski definition) is 2. The van der Waals surface area contributed by atoms with E-state index in [-0.39, 0.29) is 11.3 Å². The molecule has 0 fully saturated rings. The van der Waals surface area contributed by atoms with Crippen LogP contribution in [0.3, 0.4) is 0 Å². The third kappa shape index (κ3) is 3.59. The molecule has 0 bridgehead atoms. The van der Waals surface area contributed by atoms with Gasteiger partial charge in [-0.25, -0.2) is 13.5 Å². The van der Waals surface area contributed by atoms with Crippen molar-refractivity contribution in [1.82, 2.24) is 20.6 Å². The van der Waals surface area contributed by atoms with Gasteiger partial charge >= 0.3 is 0 Å². The molecule has 0 spiro atoms. The van der Waals surface area contributed by atoms with Gasteiger partial charge in [-0.05, 0) is 24.6 Å². The lowest BCUT2D eigenvalue weighted by Crippen LogP contribution is -2.43. The second kappa shape index (κ2) is 7.95. The van der Waals surface area contributed by atoms with E-state index in [0.29, 0.717) is 23.7 Å². The monoisotopic (exact) mass is 386 g/mol. The van der Waals surface area contributed by atoms with E-state index in [1.807, 2.05) is 12.3 Å². The quantitative estimate of drug-likeness (QED) is 0.672. The van der Waals surface area contributed by atoms with Crippen molar-refractivity contribution in [1.29, 1.82) is 0 Å². The van der Waals surface area contributed by atoms with Gasteiger partial charge in [-0.1, -0.05) is 31.2 Å². The van der Waals surface area contributed by atoms with Gasteiger partial charge in [-0.15, -0.1) is 0 Å². The zero-order valence-corrected chi connectivity index (χ0v) is 14.8. The number of carbonyl (C=O) groups excluding carboxylic acids is 2. The minimum atomic E-state index is -1.16. The second-order valence-electron chi connectivity index (χ2n) is 5.93. The standard InChI is InChI=1S/C19H16F2N4O3/c1-2-10-25-19(28)12-7-4-3-6-11(12)16(24-25)18(27)23-22-17(26)15-13(20)8-5-9-14(15)21/h3-9H,2,10H2,1H3,(H,22,26)(H,23,27). The molecule has 144 valence electrons. The Morgan fingerprint density at radius 1 is 0.964 bits per heavy atom. The van der Waals surface area contributed by atoms with Crippen molar-refractivity contribution in [2.24, 2.45) is 0 Å².